The van der Waals surface area contributed by atoms with Gasteiger partial charge in [0.1, 0.15) is 0 Å². The van der Waals surface area contributed by atoms with Gasteiger partial charge in [-0.3, -0.25) is 0 Å². The highest BCUT2D eigenvalue weighted by Crippen LogP contribution is 2.37. The van der Waals surface area contributed by atoms with Crippen molar-refractivity contribution in [3.8, 4) is 0 Å². The predicted molar refractivity (Wildman–Crippen MR) is 78.8 cm³/mol. The zero-order valence-corrected chi connectivity index (χ0v) is 12.4. The van der Waals surface area contributed by atoms with Gasteiger partial charge in [0.25, 0.3) is 0 Å². The molecule has 0 radical (unpaired) electrons. The van der Waals surface area contributed by atoms with E-state index in [0.29, 0.717) is 0 Å². The van der Waals surface area contributed by atoms with Crippen LogP contribution in [-0.2, 0) is 6.42 Å². The zero-order valence-electron chi connectivity index (χ0n) is 10.8. The van der Waals surface area contributed by atoms with Crippen molar-refractivity contribution in [1.29, 1.82) is 0 Å². The van der Waals surface area contributed by atoms with E-state index in [0.717, 1.165) is 48.4 Å². The average molecular weight is 284 g/mol. The van der Waals surface area contributed by atoms with Crippen LogP contribution in [0.2, 0.25) is 0 Å². The summed E-state index contributed by atoms with van der Waals surface area (Å²) in [7, 11) is 0. The first-order valence-corrected chi connectivity index (χ1v) is 8.68. The van der Waals surface area contributed by atoms with Crippen LogP contribution in [-0.4, -0.2) is 34.2 Å². The van der Waals surface area contributed by atoms with Crippen LogP contribution in [0.5, 0.6) is 0 Å². The van der Waals surface area contributed by atoms with Crippen LogP contribution in [0.4, 0.5) is 5.13 Å². The van der Waals surface area contributed by atoms with E-state index in [1.54, 1.807) is 11.3 Å². The van der Waals surface area contributed by atoms with E-state index in [1.165, 1.54) is 17.1 Å². The lowest BCUT2D eigenvalue weighted by Gasteiger charge is -2.31. The van der Waals surface area contributed by atoms with Crippen molar-refractivity contribution in [2.75, 3.05) is 23.7 Å². The molecule has 1 aliphatic heterocycles. The summed E-state index contributed by atoms with van der Waals surface area (Å²) in [4.78, 5) is 8.44. The Bertz CT molecular complexity index is 421. The Labute approximate surface area is 117 Å². The maximum atomic E-state index is 9.99. The normalized spacial score (nSPS) is 28.2. The molecule has 2 atom stereocenters. The van der Waals surface area contributed by atoms with Gasteiger partial charge in [-0.15, -0.1) is 11.3 Å². The van der Waals surface area contributed by atoms with Gasteiger partial charge in [0, 0.05) is 29.0 Å². The number of aryl methyl sites for hydroxylation is 1. The Morgan fingerprint density at radius 1 is 1.50 bits per heavy atom. The standard InChI is InChI=1S/C13H20N2OS2/c1-2-9-8-15(6-7-17-9)13-14-12-10(16)4-3-5-11(12)18-13/h9-10,16H,2-8H2,1H3. The molecule has 1 saturated heterocycles. The van der Waals surface area contributed by atoms with Crippen molar-refractivity contribution >= 4 is 28.2 Å². The van der Waals surface area contributed by atoms with E-state index in [4.69, 9.17) is 4.98 Å². The number of nitrogens with zero attached hydrogens (tertiary/aromatic N) is 2. The third kappa shape index (κ3) is 2.40. The van der Waals surface area contributed by atoms with Crippen LogP contribution in [0, 0.1) is 0 Å². The Kier molecular flexibility index (Phi) is 3.82. The number of fused-ring (bicyclic) bond motifs is 1. The summed E-state index contributed by atoms with van der Waals surface area (Å²) in [6, 6.07) is 0. The predicted octanol–water partition coefficient (Wildman–Crippen LogP) is 2.84. The van der Waals surface area contributed by atoms with Crippen molar-refractivity contribution in [3.05, 3.63) is 10.6 Å². The number of hydrogen-bond acceptors (Lipinski definition) is 5. The number of hydrogen-bond donors (Lipinski definition) is 1. The molecule has 0 bridgehead atoms. The molecular formula is C13H20N2OS2. The number of aromatic nitrogens is 1. The van der Waals surface area contributed by atoms with Crippen LogP contribution in [0.3, 0.4) is 0 Å². The lowest BCUT2D eigenvalue weighted by atomic mass is 10.0. The molecule has 18 heavy (non-hydrogen) atoms. The number of rotatable bonds is 2. The smallest absolute Gasteiger partial charge is 0.185 e. The SMILES string of the molecule is CCC1CN(c2nc3c(s2)CCCC3O)CCS1. The quantitative estimate of drug-likeness (QED) is 0.906. The highest BCUT2D eigenvalue weighted by molar-refractivity contribution is 8.00. The topological polar surface area (TPSA) is 36.4 Å². The molecule has 1 aliphatic carbocycles. The summed E-state index contributed by atoms with van der Waals surface area (Å²) in [6.07, 6.45) is 3.99. The molecule has 5 heteroatoms. The molecule has 2 aliphatic rings. The highest BCUT2D eigenvalue weighted by atomic mass is 32.2. The molecule has 0 amide bonds. The minimum Gasteiger partial charge on any atom is -0.387 e. The molecule has 3 rings (SSSR count). The fourth-order valence-electron chi connectivity index (χ4n) is 2.66. The molecule has 1 aromatic rings. The van der Waals surface area contributed by atoms with Crippen molar-refractivity contribution < 1.29 is 5.11 Å². The molecule has 0 aromatic carbocycles. The lowest BCUT2D eigenvalue weighted by molar-refractivity contribution is 0.153. The minimum absolute atomic E-state index is 0.320. The first-order valence-electron chi connectivity index (χ1n) is 6.82. The van der Waals surface area contributed by atoms with Crippen molar-refractivity contribution in [2.45, 2.75) is 44.0 Å². The third-order valence-corrected chi connectivity index (χ3v) is 6.34. The van der Waals surface area contributed by atoms with Gasteiger partial charge in [-0.25, -0.2) is 4.98 Å². The van der Waals surface area contributed by atoms with Gasteiger partial charge in [0.15, 0.2) is 5.13 Å². The van der Waals surface area contributed by atoms with Crippen LogP contribution >= 0.6 is 23.1 Å². The molecule has 2 heterocycles. The maximum Gasteiger partial charge on any atom is 0.185 e. The van der Waals surface area contributed by atoms with Gasteiger partial charge in [-0.2, -0.15) is 11.8 Å². The first kappa shape index (κ1) is 12.8. The molecule has 1 aromatic heterocycles. The Morgan fingerprint density at radius 2 is 2.39 bits per heavy atom. The minimum atomic E-state index is -0.320. The van der Waals surface area contributed by atoms with Gasteiger partial charge in [0.2, 0.25) is 0 Å². The molecule has 0 saturated carbocycles. The van der Waals surface area contributed by atoms with Crippen molar-refractivity contribution in [3.63, 3.8) is 0 Å². The van der Waals surface area contributed by atoms with Crippen LogP contribution in [0.1, 0.15) is 42.9 Å². The van der Waals surface area contributed by atoms with E-state index < -0.39 is 0 Å². The zero-order chi connectivity index (χ0) is 12.5. The number of thiazole rings is 1. The molecule has 100 valence electrons. The molecule has 1 N–H and O–H groups in total. The summed E-state index contributed by atoms with van der Waals surface area (Å²) in [5.74, 6) is 1.20. The van der Waals surface area contributed by atoms with E-state index in [-0.39, 0.29) is 6.10 Å². The number of thioether (sulfide) groups is 1. The Hall–Kier alpha value is -0.260. The number of aliphatic hydroxyl groups is 1. The lowest BCUT2D eigenvalue weighted by Crippen LogP contribution is -2.37. The monoisotopic (exact) mass is 284 g/mol. The summed E-state index contributed by atoms with van der Waals surface area (Å²) >= 11 is 3.89. The van der Waals surface area contributed by atoms with Gasteiger partial charge < -0.3 is 10.0 Å². The fourth-order valence-corrected chi connectivity index (χ4v) is 5.03. The summed E-state index contributed by atoms with van der Waals surface area (Å²) in [5, 5.41) is 11.9. The largest absolute Gasteiger partial charge is 0.387 e. The van der Waals surface area contributed by atoms with Gasteiger partial charge >= 0.3 is 0 Å². The van der Waals surface area contributed by atoms with Crippen LogP contribution in [0.15, 0.2) is 0 Å². The van der Waals surface area contributed by atoms with Crippen LogP contribution < -0.4 is 4.90 Å². The first-order chi connectivity index (χ1) is 8.78. The van der Waals surface area contributed by atoms with Gasteiger partial charge in [-0.05, 0) is 25.7 Å². The third-order valence-electron chi connectivity index (χ3n) is 3.78. The Morgan fingerprint density at radius 3 is 3.17 bits per heavy atom. The maximum absolute atomic E-state index is 9.99. The van der Waals surface area contributed by atoms with Crippen molar-refractivity contribution in [1.82, 2.24) is 4.98 Å². The number of aliphatic hydroxyl groups excluding tert-OH is 1. The average Bonchev–Trinajstić information content (AvgIpc) is 2.84. The second-order valence-electron chi connectivity index (χ2n) is 5.06. The van der Waals surface area contributed by atoms with Crippen molar-refractivity contribution in [2.24, 2.45) is 0 Å². The Balaban J connectivity index is 1.80. The highest BCUT2D eigenvalue weighted by Gasteiger charge is 2.27. The summed E-state index contributed by atoms with van der Waals surface area (Å²) in [5.41, 5.74) is 0.965. The van der Waals surface area contributed by atoms with E-state index in [1.807, 2.05) is 0 Å². The number of anilines is 1. The fraction of sp³-hybridized carbons (Fsp3) is 0.769. The molecule has 0 spiro atoms. The summed E-state index contributed by atoms with van der Waals surface area (Å²) in [6.45, 7) is 4.48. The van der Waals surface area contributed by atoms with E-state index >= 15 is 0 Å². The second kappa shape index (κ2) is 5.39. The molecule has 3 nitrogen and oxygen atoms in total. The van der Waals surface area contributed by atoms with Gasteiger partial charge in [-0.1, -0.05) is 6.92 Å². The summed E-state index contributed by atoms with van der Waals surface area (Å²) < 4.78 is 0. The molecular weight excluding hydrogens is 264 g/mol. The van der Waals surface area contributed by atoms with E-state index in [9.17, 15) is 5.11 Å². The van der Waals surface area contributed by atoms with E-state index in [2.05, 4.69) is 23.6 Å². The molecule has 2 unspecified atom stereocenters. The van der Waals surface area contributed by atoms with Crippen LogP contribution in [0.25, 0.3) is 0 Å². The molecule has 1 fully saturated rings. The van der Waals surface area contributed by atoms with Gasteiger partial charge in [0.05, 0.1) is 11.8 Å². The second-order valence-corrected chi connectivity index (χ2v) is 7.53.